The molecule has 0 amide bonds. The van der Waals surface area contributed by atoms with Gasteiger partial charge in [-0.3, -0.25) is 5.09 Å². The predicted molar refractivity (Wildman–Crippen MR) is 60.9 cm³/mol. The molecule has 1 aromatic rings. The molecule has 2 N–H and O–H groups in total. The molecule has 0 saturated carbocycles. The van der Waals surface area contributed by atoms with Crippen LogP contribution in [-0.2, 0) is 0 Å². The van der Waals surface area contributed by atoms with E-state index in [2.05, 4.69) is 21.9 Å². The highest BCUT2D eigenvalue weighted by Crippen LogP contribution is 2.32. The molecule has 0 aliphatic carbocycles. The molecule has 2 rings (SSSR count). The van der Waals surface area contributed by atoms with E-state index in [1.54, 1.807) is 6.07 Å². The van der Waals surface area contributed by atoms with Crippen LogP contribution in [0.4, 0.5) is 5.69 Å². The van der Waals surface area contributed by atoms with E-state index >= 15 is 0 Å². The number of phenolic OH excluding ortho intramolecular Hbond substituents is 1. The summed E-state index contributed by atoms with van der Waals surface area (Å²) in [5, 5.41) is 12.9. The first-order valence-electron chi connectivity index (χ1n) is 4.57. The van der Waals surface area contributed by atoms with Crippen LogP contribution in [0.2, 0.25) is 0 Å². The maximum atomic E-state index is 9.67. The smallest absolute Gasteiger partial charge is 0.139 e. The minimum atomic E-state index is 0.345. The molecule has 1 unspecified atom stereocenters. The third-order valence-corrected chi connectivity index (χ3v) is 3.12. The Morgan fingerprint density at radius 3 is 3.00 bits per heavy atom. The Bertz CT molecular complexity index is 341. The second-order valence-electron chi connectivity index (χ2n) is 3.06. The Kier molecular flexibility index (Phi) is 3.02. The number of hydrogen-bond donors (Lipinski definition) is 2. The molecular formula is C10H13N2OP. The average molecular weight is 208 g/mol. The van der Waals surface area contributed by atoms with Crippen LogP contribution in [0.15, 0.2) is 36.4 Å². The van der Waals surface area contributed by atoms with E-state index in [0.717, 1.165) is 18.8 Å². The first kappa shape index (κ1) is 9.50. The summed E-state index contributed by atoms with van der Waals surface area (Å²) in [5.41, 5.74) is 0.893. The highest BCUT2D eigenvalue weighted by Gasteiger charge is 2.09. The van der Waals surface area contributed by atoms with E-state index in [-0.39, 0.29) is 0 Å². The Labute approximate surface area is 85.3 Å². The van der Waals surface area contributed by atoms with Crippen LogP contribution in [0, 0.1) is 0 Å². The Morgan fingerprint density at radius 1 is 1.29 bits per heavy atom. The monoisotopic (exact) mass is 208 g/mol. The number of phenols is 1. The highest BCUT2D eigenvalue weighted by atomic mass is 31.1. The number of aromatic hydroxyl groups is 1. The number of anilines is 1. The van der Waals surface area contributed by atoms with Crippen LogP contribution < -0.4 is 9.76 Å². The fourth-order valence-electron chi connectivity index (χ4n) is 1.36. The van der Waals surface area contributed by atoms with Crippen molar-refractivity contribution in [2.24, 2.45) is 0 Å². The maximum Gasteiger partial charge on any atom is 0.139 e. The summed E-state index contributed by atoms with van der Waals surface area (Å²) in [5.74, 6) is 0.345. The quantitative estimate of drug-likeness (QED) is 0.546. The number of hydrogen-bond acceptors (Lipinski definition) is 3. The SMILES string of the molecule is Oc1ccccc1N1CC=CCNP1. The maximum absolute atomic E-state index is 9.67. The van der Waals surface area contributed by atoms with Crippen molar-refractivity contribution < 1.29 is 5.11 Å². The van der Waals surface area contributed by atoms with Gasteiger partial charge in [-0.2, -0.15) is 0 Å². The molecule has 0 bridgehead atoms. The lowest BCUT2D eigenvalue weighted by atomic mass is 10.3. The predicted octanol–water partition coefficient (Wildman–Crippen LogP) is 1.87. The van der Waals surface area contributed by atoms with Gasteiger partial charge in [0.1, 0.15) is 5.75 Å². The lowest BCUT2D eigenvalue weighted by molar-refractivity contribution is 0.476. The number of rotatable bonds is 1. The van der Waals surface area contributed by atoms with Gasteiger partial charge in [0.25, 0.3) is 0 Å². The van der Waals surface area contributed by atoms with E-state index < -0.39 is 0 Å². The van der Waals surface area contributed by atoms with Gasteiger partial charge in [0.15, 0.2) is 0 Å². The summed E-state index contributed by atoms with van der Waals surface area (Å²) in [6.07, 6.45) is 4.21. The Hall–Kier alpha value is -1.05. The van der Waals surface area contributed by atoms with Gasteiger partial charge in [0.2, 0.25) is 0 Å². The van der Waals surface area contributed by atoms with Gasteiger partial charge in [-0.15, -0.1) is 0 Å². The molecule has 0 spiro atoms. The fourth-order valence-corrected chi connectivity index (χ4v) is 2.27. The number of nitrogens with one attached hydrogen (secondary N) is 1. The van der Waals surface area contributed by atoms with Crippen molar-refractivity contribution in [1.82, 2.24) is 5.09 Å². The van der Waals surface area contributed by atoms with E-state index in [0.29, 0.717) is 14.6 Å². The van der Waals surface area contributed by atoms with Gasteiger partial charge in [-0.1, -0.05) is 24.3 Å². The zero-order chi connectivity index (χ0) is 9.80. The molecule has 0 fully saturated rings. The lowest BCUT2D eigenvalue weighted by Crippen LogP contribution is -2.15. The third-order valence-electron chi connectivity index (χ3n) is 2.06. The molecule has 14 heavy (non-hydrogen) atoms. The molecule has 0 saturated heterocycles. The van der Waals surface area contributed by atoms with Crippen LogP contribution in [0.25, 0.3) is 0 Å². The molecule has 1 atom stereocenters. The van der Waals surface area contributed by atoms with Gasteiger partial charge in [0.05, 0.1) is 5.69 Å². The van der Waals surface area contributed by atoms with Crippen LogP contribution in [0.1, 0.15) is 0 Å². The summed E-state index contributed by atoms with van der Waals surface area (Å²) < 4.78 is 2.12. The summed E-state index contributed by atoms with van der Waals surface area (Å²) in [6, 6.07) is 7.43. The van der Waals surface area contributed by atoms with E-state index in [1.807, 2.05) is 18.2 Å². The number of benzene rings is 1. The first-order valence-corrected chi connectivity index (χ1v) is 5.51. The second-order valence-corrected chi connectivity index (χ2v) is 4.18. The average Bonchev–Trinajstić information content (AvgIpc) is 2.47. The molecular weight excluding hydrogens is 195 g/mol. The third kappa shape index (κ3) is 2.06. The van der Waals surface area contributed by atoms with Crippen molar-refractivity contribution in [3.8, 4) is 5.75 Å². The molecule has 1 heterocycles. The standard InChI is InChI=1S/C10H13N2OP/c13-10-6-2-1-5-9(10)12-8-4-3-7-11-14-12/h1-6,11,13-14H,7-8H2. The van der Waals surface area contributed by atoms with E-state index in [4.69, 9.17) is 0 Å². The topological polar surface area (TPSA) is 35.5 Å². The van der Waals surface area contributed by atoms with Crippen LogP contribution >= 0.6 is 8.88 Å². The van der Waals surface area contributed by atoms with Crippen LogP contribution in [0.3, 0.4) is 0 Å². The van der Waals surface area contributed by atoms with Crippen molar-refractivity contribution >= 4 is 14.6 Å². The molecule has 4 heteroatoms. The van der Waals surface area contributed by atoms with Gasteiger partial charge >= 0.3 is 0 Å². The van der Waals surface area contributed by atoms with Crippen molar-refractivity contribution in [3.63, 3.8) is 0 Å². The Balaban J connectivity index is 2.21. The van der Waals surface area contributed by atoms with Gasteiger partial charge < -0.3 is 9.78 Å². The van der Waals surface area contributed by atoms with E-state index in [9.17, 15) is 5.11 Å². The summed E-state index contributed by atoms with van der Waals surface area (Å²) >= 11 is 0. The molecule has 0 aromatic heterocycles. The zero-order valence-corrected chi connectivity index (χ0v) is 8.77. The highest BCUT2D eigenvalue weighted by molar-refractivity contribution is 7.37. The molecule has 1 aliphatic heterocycles. The second kappa shape index (κ2) is 4.45. The van der Waals surface area contributed by atoms with Gasteiger partial charge in [-0.05, 0) is 12.1 Å². The molecule has 0 radical (unpaired) electrons. The van der Waals surface area contributed by atoms with Gasteiger partial charge in [-0.25, -0.2) is 0 Å². The molecule has 1 aromatic carbocycles. The largest absolute Gasteiger partial charge is 0.506 e. The summed E-state index contributed by atoms with van der Waals surface area (Å²) in [4.78, 5) is 0. The molecule has 1 aliphatic rings. The van der Waals surface area contributed by atoms with E-state index in [1.165, 1.54) is 0 Å². The number of nitrogens with zero attached hydrogens (tertiary/aromatic N) is 1. The fraction of sp³-hybridized carbons (Fsp3) is 0.200. The van der Waals surface area contributed by atoms with Crippen LogP contribution in [0.5, 0.6) is 5.75 Å². The molecule has 74 valence electrons. The molecule has 3 nitrogen and oxygen atoms in total. The van der Waals surface area contributed by atoms with Crippen molar-refractivity contribution in [1.29, 1.82) is 0 Å². The first-order chi connectivity index (χ1) is 6.88. The van der Waals surface area contributed by atoms with Crippen molar-refractivity contribution in [3.05, 3.63) is 36.4 Å². The van der Waals surface area contributed by atoms with Crippen molar-refractivity contribution in [2.75, 3.05) is 17.8 Å². The number of para-hydroxylation sites is 2. The Morgan fingerprint density at radius 2 is 2.14 bits per heavy atom. The lowest BCUT2D eigenvalue weighted by Gasteiger charge is -2.22. The summed E-state index contributed by atoms with van der Waals surface area (Å²) in [6.45, 7) is 1.76. The zero-order valence-electron chi connectivity index (χ0n) is 7.77. The summed E-state index contributed by atoms with van der Waals surface area (Å²) in [7, 11) is 0.521. The van der Waals surface area contributed by atoms with Crippen LogP contribution in [-0.4, -0.2) is 18.2 Å². The van der Waals surface area contributed by atoms with Gasteiger partial charge in [0, 0.05) is 22.0 Å². The normalized spacial score (nSPS) is 18.4. The van der Waals surface area contributed by atoms with Crippen molar-refractivity contribution in [2.45, 2.75) is 0 Å². The minimum absolute atomic E-state index is 0.345. The minimum Gasteiger partial charge on any atom is -0.506 e.